The van der Waals surface area contributed by atoms with E-state index in [2.05, 4.69) is 9.97 Å². The first-order valence-electron chi connectivity index (χ1n) is 8.11. The highest BCUT2D eigenvalue weighted by atomic mass is 32.2. The van der Waals surface area contributed by atoms with Gasteiger partial charge in [-0.3, -0.25) is 0 Å². The second kappa shape index (κ2) is 8.11. The van der Waals surface area contributed by atoms with Gasteiger partial charge in [-0.15, -0.1) is 0 Å². The van der Waals surface area contributed by atoms with Gasteiger partial charge in [0.1, 0.15) is 22.1 Å². The topological polar surface area (TPSA) is 110 Å². The van der Waals surface area contributed by atoms with Crippen LogP contribution < -0.4 is 11.5 Å². The molecule has 0 saturated carbocycles. The number of rotatable bonds is 6. The largest absolute Gasteiger partial charge is 0.611 e. The molecule has 1 unspecified atom stereocenters. The molecule has 3 heterocycles. The van der Waals surface area contributed by atoms with Crippen molar-refractivity contribution >= 4 is 44.2 Å². The van der Waals surface area contributed by atoms with Crippen LogP contribution in [-0.2, 0) is 22.1 Å². The molecule has 0 radical (unpaired) electrons. The van der Waals surface area contributed by atoms with E-state index in [1.54, 1.807) is 0 Å². The van der Waals surface area contributed by atoms with Crippen molar-refractivity contribution < 1.29 is 22.5 Å². The van der Waals surface area contributed by atoms with Crippen molar-refractivity contribution in [2.24, 2.45) is 0 Å². The fourth-order valence-electron chi connectivity index (χ4n) is 2.63. The van der Waals surface area contributed by atoms with E-state index in [0.29, 0.717) is 18.6 Å². The molecule has 3 aromatic rings. The van der Waals surface area contributed by atoms with Crippen LogP contribution in [0, 0.1) is 0 Å². The van der Waals surface area contributed by atoms with Crippen LogP contribution in [0.15, 0.2) is 28.6 Å². The number of pyridine rings is 2. The van der Waals surface area contributed by atoms with Crippen LogP contribution >= 0.6 is 11.3 Å². The molecule has 4 N–H and O–H groups in total. The van der Waals surface area contributed by atoms with Crippen LogP contribution in [-0.4, -0.2) is 34.0 Å². The van der Waals surface area contributed by atoms with Crippen molar-refractivity contribution in [1.29, 1.82) is 0 Å². The Labute approximate surface area is 165 Å². The monoisotopic (exact) mass is 430 g/mol. The Balaban J connectivity index is 2.14. The van der Waals surface area contributed by atoms with Crippen molar-refractivity contribution in [3.63, 3.8) is 0 Å². The summed E-state index contributed by atoms with van der Waals surface area (Å²) in [5.74, 6) is 0.482. The van der Waals surface area contributed by atoms with E-state index >= 15 is 0 Å². The summed E-state index contributed by atoms with van der Waals surface area (Å²) in [6, 6.07) is 3.95. The first kappa shape index (κ1) is 20.6. The van der Waals surface area contributed by atoms with E-state index in [9.17, 15) is 17.7 Å². The molecule has 0 spiro atoms. The average molecular weight is 430 g/mol. The number of alkyl halides is 3. The summed E-state index contributed by atoms with van der Waals surface area (Å²) in [6.07, 6.45) is -2.80. The number of fused-ring (bicyclic) bond motifs is 1. The van der Waals surface area contributed by atoms with Crippen LogP contribution in [0.1, 0.15) is 12.0 Å². The average Bonchev–Trinajstić information content (AvgIpc) is 2.97. The highest BCUT2D eigenvalue weighted by molar-refractivity contribution is 7.93. The summed E-state index contributed by atoms with van der Waals surface area (Å²) in [4.78, 5) is 8.28. The number of aromatic nitrogens is 2. The number of hydrogen-bond donors (Lipinski definition) is 2. The predicted octanol–water partition coefficient (Wildman–Crippen LogP) is 3.69. The number of nitrogens with two attached hydrogens (primary N) is 2. The molecule has 0 aromatic carbocycles. The number of thiophene rings is 1. The van der Waals surface area contributed by atoms with Gasteiger partial charge in [0, 0.05) is 25.3 Å². The maximum Gasteiger partial charge on any atom is 0.417 e. The molecule has 6 nitrogen and oxygen atoms in total. The first-order chi connectivity index (χ1) is 13.2. The molecule has 0 saturated heterocycles. The maximum atomic E-state index is 13.7. The quantitative estimate of drug-likeness (QED) is 0.456. The maximum absolute atomic E-state index is 13.7. The highest BCUT2D eigenvalue weighted by Crippen LogP contribution is 2.45. The molecule has 0 aliphatic rings. The minimum atomic E-state index is -4.65. The van der Waals surface area contributed by atoms with Crippen molar-refractivity contribution in [2.45, 2.75) is 16.8 Å². The summed E-state index contributed by atoms with van der Waals surface area (Å²) < 4.78 is 58.8. The molecule has 11 heteroatoms. The van der Waals surface area contributed by atoms with E-state index < -0.39 is 22.9 Å². The number of methoxy groups -OCH3 is 1. The normalized spacial score (nSPS) is 13.2. The van der Waals surface area contributed by atoms with Gasteiger partial charge >= 0.3 is 6.18 Å². The van der Waals surface area contributed by atoms with Gasteiger partial charge in [0.15, 0.2) is 0 Å². The fraction of sp³-hybridized carbons (Fsp3) is 0.294. The zero-order valence-electron chi connectivity index (χ0n) is 14.7. The van der Waals surface area contributed by atoms with Crippen LogP contribution in [0.5, 0.6) is 0 Å². The van der Waals surface area contributed by atoms with Gasteiger partial charge in [0.2, 0.25) is 4.21 Å². The van der Waals surface area contributed by atoms with E-state index in [1.807, 2.05) is 0 Å². The first-order valence-corrected chi connectivity index (χ1v) is 10.3. The van der Waals surface area contributed by atoms with Crippen molar-refractivity contribution in [2.75, 3.05) is 30.9 Å². The minimum Gasteiger partial charge on any atom is -0.611 e. The van der Waals surface area contributed by atoms with Crippen LogP contribution in [0.2, 0.25) is 0 Å². The number of nitrogen functional groups attached to an aromatic ring is 2. The number of ether oxygens (including phenoxy) is 1. The van der Waals surface area contributed by atoms with Crippen molar-refractivity contribution in [3.8, 4) is 11.3 Å². The third kappa shape index (κ3) is 4.17. The number of hydrogen-bond acceptors (Lipinski definition) is 7. The second-order valence-electron chi connectivity index (χ2n) is 5.90. The number of anilines is 2. The van der Waals surface area contributed by atoms with E-state index in [4.69, 9.17) is 16.2 Å². The summed E-state index contributed by atoms with van der Waals surface area (Å²) in [7, 11) is 1.52. The van der Waals surface area contributed by atoms with Gasteiger partial charge in [-0.1, -0.05) is 11.3 Å². The standard InChI is InChI=1S/C17H17F3N4O2S2/c1-26-5-2-6-28(25)16-14(22)13-10(17(18,19)20)7-11(24-15(13)27-16)9-3-4-12(21)23-8-9/h3-4,7-8H,2,5-6,22H2,1H3,(H2,21,23). The molecular weight excluding hydrogens is 413 g/mol. The van der Waals surface area contributed by atoms with Crippen molar-refractivity contribution in [3.05, 3.63) is 30.0 Å². The Morgan fingerprint density at radius 2 is 2.04 bits per heavy atom. The molecule has 0 fully saturated rings. The molecular formula is C17H17F3N4O2S2. The van der Waals surface area contributed by atoms with Crippen LogP contribution in [0.3, 0.4) is 0 Å². The van der Waals surface area contributed by atoms with E-state index in [0.717, 1.165) is 17.4 Å². The molecule has 0 aliphatic heterocycles. The number of halogens is 3. The lowest BCUT2D eigenvalue weighted by Crippen LogP contribution is -2.10. The molecule has 3 aromatic heterocycles. The second-order valence-corrected chi connectivity index (χ2v) is 8.67. The Kier molecular flexibility index (Phi) is 5.98. The Bertz CT molecular complexity index is 977. The lowest BCUT2D eigenvalue weighted by atomic mass is 10.1. The lowest BCUT2D eigenvalue weighted by Gasteiger charge is -2.11. The summed E-state index contributed by atoms with van der Waals surface area (Å²) in [6.45, 7) is 0.400. The van der Waals surface area contributed by atoms with Gasteiger partial charge in [-0.25, -0.2) is 9.97 Å². The Morgan fingerprint density at radius 1 is 1.29 bits per heavy atom. The minimum absolute atomic E-state index is 0.0780. The van der Waals surface area contributed by atoms with Crippen LogP contribution in [0.25, 0.3) is 21.5 Å². The highest BCUT2D eigenvalue weighted by Gasteiger charge is 2.37. The molecule has 150 valence electrons. The predicted molar refractivity (Wildman–Crippen MR) is 104 cm³/mol. The molecule has 3 rings (SSSR count). The van der Waals surface area contributed by atoms with Gasteiger partial charge < -0.3 is 20.8 Å². The molecule has 0 amide bonds. The fourth-order valence-corrected chi connectivity index (χ4v) is 5.25. The summed E-state index contributed by atoms with van der Waals surface area (Å²) >= 11 is -0.631. The zero-order chi connectivity index (χ0) is 20.5. The summed E-state index contributed by atoms with van der Waals surface area (Å²) in [5, 5.41) is -0.222. The molecule has 28 heavy (non-hydrogen) atoms. The van der Waals surface area contributed by atoms with Gasteiger partial charge in [-0.2, -0.15) is 13.2 Å². The Hall–Kier alpha value is -2.08. The third-order valence-corrected chi connectivity index (χ3v) is 6.93. The number of nitrogens with zero attached hydrogens (tertiary/aromatic N) is 2. The Morgan fingerprint density at radius 3 is 2.64 bits per heavy atom. The molecule has 0 bridgehead atoms. The third-order valence-electron chi connectivity index (χ3n) is 3.94. The SMILES string of the molecule is COCCC[S+]([O-])c1sc2nc(-c3ccc(N)nc3)cc(C(F)(F)F)c2c1N. The van der Waals surface area contributed by atoms with Gasteiger partial charge in [0.05, 0.1) is 23.3 Å². The molecule has 1 atom stereocenters. The van der Waals surface area contributed by atoms with Crippen LogP contribution in [0.4, 0.5) is 24.7 Å². The van der Waals surface area contributed by atoms with E-state index in [-0.39, 0.29) is 37.4 Å². The van der Waals surface area contributed by atoms with Crippen molar-refractivity contribution in [1.82, 2.24) is 9.97 Å². The smallest absolute Gasteiger partial charge is 0.417 e. The van der Waals surface area contributed by atoms with E-state index in [1.165, 1.54) is 25.4 Å². The molecule has 0 aliphatic carbocycles. The van der Waals surface area contributed by atoms with Gasteiger partial charge in [0.25, 0.3) is 0 Å². The summed E-state index contributed by atoms with van der Waals surface area (Å²) in [5.41, 5.74) is 10.9. The lowest BCUT2D eigenvalue weighted by molar-refractivity contribution is -0.136. The zero-order valence-corrected chi connectivity index (χ0v) is 16.4. The van der Waals surface area contributed by atoms with Gasteiger partial charge in [-0.05, 0) is 29.4 Å².